The van der Waals surface area contributed by atoms with Crippen molar-refractivity contribution in [2.75, 3.05) is 12.4 Å². The summed E-state index contributed by atoms with van der Waals surface area (Å²) >= 11 is 0. The topological polar surface area (TPSA) is 59.6 Å². The highest BCUT2D eigenvalue weighted by atomic mass is 127. The third-order valence-electron chi connectivity index (χ3n) is 3.61. The van der Waals surface area contributed by atoms with Crippen LogP contribution in [0.3, 0.4) is 0 Å². The zero-order chi connectivity index (χ0) is 16.9. The fourth-order valence-electron chi connectivity index (χ4n) is 2.15. The molecule has 0 atom stereocenters. The van der Waals surface area contributed by atoms with Gasteiger partial charge in [0.25, 0.3) is 0 Å². The van der Waals surface area contributed by atoms with Crippen molar-refractivity contribution >= 4 is 35.6 Å². The lowest BCUT2D eigenvalue weighted by atomic mass is 9.87. The van der Waals surface area contributed by atoms with E-state index in [9.17, 15) is 0 Å². The first kappa shape index (κ1) is 20.3. The number of methoxy groups -OCH3 is 1. The number of anilines is 1. The molecule has 5 heteroatoms. The van der Waals surface area contributed by atoms with Crippen molar-refractivity contribution in [3.05, 3.63) is 59.7 Å². The minimum atomic E-state index is 0. The monoisotopic (exact) mass is 439 g/mol. The van der Waals surface area contributed by atoms with Crippen molar-refractivity contribution in [3.63, 3.8) is 0 Å². The molecular weight excluding hydrogens is 413 g/mol. The third kappa shape index (κ3) is 6.03. The van der Waals surface area contributed by atoms with E-state index in [0.29, 0.717) is 12.5 Å². The Balaban J connectivity index is 0.00000288. The molecule has 0 spiro atoms. The molecular formula is C19H26IN3O. The lowest BCUT2D eigenvalue weighted by Crippen LogP contribution is -2.22. The second-order valence-electron chi connectivity index (χ2n) is 6.50. The molecule has 3 N–H and O–H groups in total. The van der Waals surface area contributed by atoms with E-state index >= 15 is 0 Å². The van der Waals surface area contributed by atoms with Gasteiger partial charge in [-0.1, -0.05) is 45.0 Å². The summed E-state index contributed by atoms with van der Waals surface area (Å²) in [6.07, 6.45) is 0. The summed E-state index contributed by atoms with van der Waals surface area (Å²) in [5, 5.41) is 3.07. The largest absolute Gasteiger partial charge is 0.497 e. The molecule has 0 fully saturated rings. The summed E-state index contributed by atoms with van der Waals surface area (Å²) < 4.78 is 5.12. The third-order valence-corrected chi connectivity index (χ3v) is 3.61. The molecule has 4 nitrogen and oxygen atoms in total. The van der Waals surface area contributed by atoms with E-state index in [2.05, 4.69) is 55.3 Å². The molecule has 0 unspecified atom stereocenters. The Labute approximate surface area is 161 Å². The highest BCUT2D eigenvalue weighted by Crippen LogP contribution is 2.22. The summed E-state index contributed by atoms with van der Waals surface area (Å²) in [6, 6.07) is 16.1. The normalized spacial score (nSPS) is 11.6. The quantitative estimate of drug-likeness (QED) is 0.418. The van der Waals surface area contributed by atoms with Gasteiger partial charge in [0.2, 0.25) is 0 Å². The van der Waals surface area contributed by atoms with E-state index in [-0.39, 0.29) is 29.4 Å². The van der Waals surface area contributed by atoms with Crippen molar-refractivity contribution < 1.29 is 4.74 Å². The van der Waals surface area contributed by atoms with E-state index < -0.39 is 0 Å². The molecule has 2 aromatic carbocycles. The first-order valence-corrected chi connectivity index (χ1v) is 7.69. The van der Waals surface area contributed by atoms with Crippen LogP contribution in [0.2, 0.25) is 0 Å². The molecule has 24 heavy (non-hydrogen) atoms. The van der Waals surface area contributed by atoms with Crippen molar-refractivity contribution in [2.24, 2.45) is 10.7 Å². The number of aliphatic imine (C=N–C) groups is 1. The molecule has 0 bridgehead atoms. The van der Waals surface area contributed by atoms with E-state index in [1.165, 1.54) is 5.56 Å². The van der Waals surface area contributed by atoms with Gasteiger partial charge in [0, 0.05) is 5.69 Å². The van der Waals surface area contributed by atoms with Crippen LogP contribution in [0.25, 0.3) is 0 Å². The summed E-state index contributed by atoms with van der Waals surface area (Å²) in [5.41, 5.74) is 9.43. The summed E-state index contributed by atoms with van der Waals surface area (Å²) in [4.78, 5) is 4.38. The molecule has 130 valence electrons. The number of nitrogens with two attached hydrogens (primary N) is 1. The van der Waals surface area contributed by atoms with Gasteiger partial charge in [-0.3, -0.25) is 0 Å². The SMILES string of the molecule is COc1ccc(NC(N)=NCc2ccc(C(C)(C)C)cc2)cc1.I. The average Bonchev–Trinajstić information content (AvgIpc) is 2.53. The lowest BCUT2D eigenvalue weighted by Gasteiger charge is -2.18. The first-order chi connectivity index (χ1) is 10.9. The second-order valence-corrected chi connectivity index (χ2v) is 6.50. The number of benzene rings is 2. The number of halogens is 1. The van der Waals surface area contributed by atoms with Crippen molar-refractivity contribution in [1.29, 1.82) is 0 Å². The van der Waals surface area contributed by atoms with Gasteiger partial charge in [-0.15, -0.1) is 24.0 Å². The Kier molecular flexibility index (Phi) is 7.54. The molecule has 0 aromatic heterocycles. The van der Waals surface area contributed by atoms with Crippen molar-refractivity contribution in [2.45, 2.75) is 32.7 Å². The Morgan fingerprint density at radius 2 is 1.62 bits per heavy atom. The predicted molar refractivity (Wildman–Crippen MR) is 113 cm³/mol. The van der Waals surface area contributed by atoms with Crippen molar-refractivity contribution in [3.8, 4) is 5.75 Å². The molecule has 0 saturated heterocycles. The average molecular weight is 439 g/mol. The van der Waals surface area contributed by atoms with Crippen LogP contribution in [-0.4, -0.2) is 13.1 Å². The number of hydrogen-bond acceptors (Lipinski definition) is 2. The van der Waals surface area contributed by atoms with E-state index in [1.54, 1.807) is 7.11 Å². The van der Waals surface area contributed by atoms with Crippen LogP contribution in [-0.2, 0) is 12.0 Å². The van der Waals surface area contributed by atoms with Crippen LogP contribution in [0.15, 0.2) is 53.5 Å². The zero-order valence-electron chi connectivity index (χ0n) is 14.7. The van der Waals surface area contributed by atoms with Gasteiger partial charge < -0.3 is 15.8 Å². The molecule has 0 amide bonds. The van der Waals surface area contributed by atoms with Gasteiger partial charge in [0.15, 0.2) is 5.96 Å². The van der Waals surface area contributed by atoms with Crippen LogP contribution in [0.5, 0.6) is 5.75 Å². The summed E-state index contributed by atoms with van der Waals surface area (Å²) in [7, 11) is 1.64. The molecule has 0 radical (unpaired) electrons. The minimum Gasteiger partial charge on any atom is -0.497 e. The number of nitrogens with one attached hydrogen (secondary N) is 1. The van der Waals surface area contributed by atoms with Crippen LogP contribution >= 0.6 is 24.0 Å². The summed E-state index contributed by atoms with van der Waals surface area (Å²) in [5.74, 6) is 1.21. The van der Waals surface area contributed by atoms with E-state index in [1.807, 2.05) is 24.3 Å². The molecule has 0 aliphatic carbocycles. The van der Waals surface area contributed by atoms with Crippen LogP contribution < -0.4 is 15.8 Å². The molecule has 0 heterocycles. The number of hydrogen-bond donors (Lipinski definition) is 2. The first-order valence-electron chi connectivity index (χ1n) is 7.69. The van der Waals surface area contributed by atoms with Crippen LogP contribution in [0.4, 0.5) is 5.69 Å². The molecule has 0 saturated carbocycles. The van der Waals surface area contributed by atoms with Gasteiger partial charge in [-0.05, 0) is 40.8 Å². The standard InChI is InChI=1S/C19H25N3O.HI/c1-19(2,3)15-7-5-14(6-8-15)13-21-18(20)22-16-9-11-17(23-4)12-10-16;/h5-12H,13H2,1-4H3,(H3,20,21,22);1H. The van der Waals surface area contributed by atoms with Crippen LogP contribution in [0, 0.1) is 0 Å². The Morgan fingerprint density at radius 3 is 2.12 bits per heavy atom. The maximum Gasteiger partial charge on any atom is 0.193 e. The Morgan fingerprint density at radius 1 is 1.04 bits per heavy atom. The lowest BCUT2D eigenvalue weighted by molar-refractivity contribution is 0.415. The van der Waals surface area contributed by atoms with Crippen LogP contribution in [0.1, 0.15) is 31.9 Å². The maximum absolute atomic E-state index is 5.93. The van der Waals surface area contributed by atoms with Gasteiger partial charge in [-0.25, -0.2) is 4.99 Å². The fourth-order valence-corrected chi connectivity index (χ4v) is 2.15. The molecule has 2 aromatic rings. The highest BCUT2D eigenvalue weighted by Gasteiger charge is 2.12. The maximum atomic E-state index is 5.93. The highest BCUT2D eigenvalue weighted by molar-refractivity contribution is 14.0. The van der Waals surface area contributed by atoms with Gasteiger partial charge in [0.05, 0.1) is 13.7 Å². The Hall–Kier alpha value is -1.76. The number of rotatable bonds is 4. The smallest absolute Gasteiger partial charge is 0.193 e. The van der Waals surface area contributed by atoms with Gasteiger partial charge in [0.1, 0.15) is 5.75 Å². The second kappa shape index (κ2) is 8.92. The fraction of sp³-hybridized carbons (Fsp3) is 0.316. The molecule has 0 aliphatic rings. The molecule has 0 aliphatic heterocycles. The van der Waals surface area contributed by atoms with Gasteiger partial charge >= 0.3 is 0 Å². The predicted octanol–water partition coefficient (Wildman–Crippen LogP) is 4.54. The minimum absolute atomic E-state index is 0. The molecule has 2 rings (SSSR count). The summed E-state index contributed by atoms with van der Waals surface area (Å²) in [6.45, 7) is 7.17. The van der Waals surface area contributed by atoms with E-state index in [4.69, 9.17) is 10.5 Å². The number of nitrogens with zero attached hydrogens (tertiary/aromatic N) is 1. The van der Waals surface area contributed by atoms with Crippen molar-refractivity contribution in [1.82, 2.24) is 0 Å². The Bertz CT molecular complexity index is 659. The number of guanidine groups is 1. The zero-order valence-corrected chi connectivity index (χ0v) is 17.0. The number of ether oxygens (including phenoxy) is 1. The van der Waals surface area contributed by atoms with E-state index in [0.717, 1.165) is 17.0 Å². The van der Waals surface area contributed by atoms with Gasteiger partial charge in [-0.2, -0.15) is 0 Å².